The van der Waals surface area contributed by atoms with Crippen LogP contribution in [0.3, 0.4) is 0 Å². The Morgan fingerprint density at radius 3 is 1.89 bits per heavy atom. The van der Waals surface area contributed by atoms with Crippen molar-refractivity contribution in [2.45, 2.75) is 20.8 Å². The van der Waals surface area contributed by atoms with Gasteiger partial charge in [0.1, 0.15) is 0 Å². The van der Waals surface area contributed by atoms with E-state index in [1.54, 1.807) is 0 Å². The molecule has 0 fully saturated rings. The molecule has 0 unspecified atom stereocenters. The fourth-order valence-electron chi connectivity index (χ4n) is 2.00. The van der Waals surface area contributed by atoms with Gasteiger partial charge in [0.15, 0.2) is 0 Å². The van der Waals surface area contributed by atoms with Gasteiger partial charge in [0.25, 0.3) is 0 Å². The summed E-state index contributed by atoms with van der Waals surface area (Å²) in [5, 5.41) is 3.88. The van der Waals surface area contributed by atoms with Crippen LogP contribution < -0.4 is 0 Å². The van der Waals surface area contributed by atoms with Crippen molar-refractivity contribution in [3.8, 4) is 0 Å². The first-order valence-electron chi connectivity index (χ1n) is 7.73. The summed E-state index contributed by atoms with van der Waals surface area (Å²) in [7, 11) is 0. The number of nitrogens with one attached hydrogen (secondary N) is 1. The van der Waals surface area contributed by atoms with Crippen molar-refractivity contribution in [2.24, 2.45) is 0 Å². The van der Waals surface area contributed by atoms with Crippen molar-refractivity contribution in [1.82, 2.24) is 4.98 Å². The van der Waals surface area contributed by atoms with E-state index < -0.39 is 0 Å². The summed E-state index contributed by atoms with van der Waals surface area (Å²) in [5.41, 5.74) is 1.15. The monoisotopic (exact) mass is 508 g/mol. The molecule has 0 bridgehead atoms. The first kappa shape index (κ1) is 34.8. The summed E-state index contributed by atoms with van der Waals surface area (Å²) >= 11 is 1.36. The van der Waals surface area contributed by atoms with Gasteiger partial charge in [-0.2, -0.15) is 49.7 Å². The van der Waals surface area contributed by atoms with E-state index in [0.29, 0.717) is 0 Å². The van der Waals surface area contributed by atoms with Crippen LogP contribution in [0.2, 0.25) is 0 Å². The van der Waals surface area contributed by atoms with Crippen molar-refractivity contribution in [2.75, 3.05) is 0 Å². The quantitative estimate of drug-likeness (QED) is 0.186. The smallest absolute Gasteiger partial charge is 0.0745 e. The van der Waals surface area contributed by atoms with Crippen LogP contribution in [0, 0.1) is 27.0 Å². The van der Waals surface area contributed by atoms with Gasteiger partial charge in [0, 0.05) is 0 Å². The van der Waals surface area contributed by atoms with Crippen molar-refractivity contribution in [3.05, 3.63) is 99.8 Å². The fourth-order valence-corrected chi connectivity index (χ4v) is 2.00. The Hall–Kier alpha value is -0.730. The molecule has 0 saturated heterocycles. The Morgan fingerprint density at radius 2 is 1.36 bits per heavy atom. The van der Waals surface area contributed by atoms with Gasteiger partial charge in [0.05, 0.1) is 0 Å². The molecule has 0 saturated carbocycles. The molecule has 1 heterocycles. The first-order valence-corrected chi connectivity index (χ1v) is 11.9. The van der Waals surface area contributed by atoms with Crippen LogP contribution in [0.25, 0.3) is 21.7 Å². The summed E-state index contributed by atoms with van der Waals surface area (Å²) in [5.74, 6) is 1.42. The maximum Gasteiger partial charge on any atom is -0.0745 e. The molecule has 1 aromatic heterocycles. The molecule has 154 valence electrons. The second-order valence-electron chi connectivity index (χ2n) is 5.66. The van der Waals surface area contributed by atoms with E-state index >= 15 is 0 Å². The molecule has 0 aliphatic carbocycles. The summed E-state index contributed by atoms with van der Waals surface area (Å²) in [4.78, 5) is 2.99. The molecule has 1 nitrogen and oxygen atoms in total. The average Bonchev–Trinajstić information content (AvgIpc) is 3.26. The zero-order chi connectivity index (χ0) is 17.8. The standard InChI is InChI=1S/C9H7.C8H6N.C4H9.2CH3.2ClH.Si.Zr/c1-2-5-9-7-3-6-8(9)4-1;1-2-4-8-7(3-1)5-6-9-8;1-4(2)3;;;;;;/h1-7H;1-5,9H;1-3H3;2*1H3;2*1H;;/q5*-1;;;;. The van der Waals surface area contributed by atoms with Gasteiger partial charge < -0.3 is 25.8 Å². The molecule has 3 aromatic carbocycles. The van der Waals surface area contributed by atoms with Gasteiger partial charge in [0.2, 0.25) is 0 Å². The number of halogens is 2. The molecule has 0 aliphatic heterocycles. The molecular formula is C23H30Cl2NSiZr-5. The maximum atomic E-state index is 3.06. The molecule has 4 rings (SSSR count). The second kappa shape index (κ2) is 21.0. The van der Waals surface area contributed by atoms with Crippen LogP contribution in [-0.2, 0) is 23.3 Å². The Bertz CT molecular complexity index is 698. The Morgan fingerprint density at radius 1 is 0.857 bits per heavy atom. The number of para-hydroxylation sites is 1. The summed E-state index contributed by atoms with van der Waals surface area (Å²) in [6.07, 6.45) is 2.91. The molecule has 2 radical (unpaired) electrons. The fraction of sp³-hybridized carbons (Fsp3) is 0.130. The number of rotatable bonds is 0. The molecule has 0 spiro atoms. The second-order valence-corrected chi connectivity index (χ2v) is 5.66. The molecule has 4 aromatic rings. The van der Waals surface area contributed by atoms with E-state index in [1.807, 2.05) is 24.3 Å². The molecule has 1 N–H and O–H groups in total. The third-order valence-corrected chi connectivity index (χ3v) is 2.94. The Labute approximate surface area is 201 Å². The number of H-pyrrole nitrogens is 1. The average molecular weight is 511 g/mol. The van der Waals surface area contributed by atoms with E-state index in [1.165, 1.54) is 45.4 Å². The summed E-state index contributed by atoms with van der Waals surface area (Å²) < 4.78 is 0. The van der Waals surface area contributed by atoms with Crippen LogP contribution in [-0.4, -0.2) is 11.9 Å². The molecule has 0 amide bonds. The molecule has 0 aliphatic rings. The molecule has 28 heavy (non-hydrogen) atoms. The number of aromatic amines is 1. The minimum Gasteiger partial charge on any atom is -0.477 e. The maximum absolute atomic E-state index is 3.06. The minimum absolute atomic E-state index is 0. The third kappa shape index (κ3) is 13.4. The number of aromatic nitrogens is 1. The zero-order valence-corrected chi connectivity index (χ0v) is 22.3. The van der Waals surface area contributed by atoms with E-state index in [4.69, 9.17) is 0 Å². The summed E-state index contributed by atoms with van der Waals surface area (Å²) in [6, 6.07) is 24.7. The third-order valence-electron chi connectivity index (χ3n) is 2.94. The van der Waals surface area contributed by atoms with Gasteiger partial charge in [-0.05, 0) is 0 Å². The van der Waals surface area contributed by atoms with Crippen LogP contribution >= 0.6 is 24.8 Å². The predicted molar refractivity (Wildman–Crippen MR) is 130 cm³/mol. The van der Waals surface area contributed by atoms with Crippen molar-refractivity contribution < 1.29 is 23.3 Å². The van der Waals surface area contributed by atoms with Crippen molar-refractivity contribution in [3.63, 3.8) is 0 Å². The number of hydrogen-bond acceptors (Lipinski definition) is 0. The normalized spacial score (nSPS) is 7.96. The van der Waals surface area contributed by atoms with Crippen LogP contribution in [0.1, 0.15) is 20.8 Å². The molecule has 5 heteroatoms. The van der Waals surface area contributed by atoms with E-state index in [-0.39, 0.29) is 39.7 Å². The number of benzene rings is 2. The summed E-state index contributed by atoms with van der Waals surface area (Å²) in [6.45, 7) is 9.31. The van der Waals surface area contributed by atoms with E-state index in [2.05, 4.69) is 87.4 Å². The van der Waals surface area contributed by atoms with Gasteiger partial charge in [-0.3, -0.25) is 0 Å². The van der Waals surface area contributed by atoms with Crippen LogP contribution in [0.5, 0.6) is 0 Å². The number of hydrogen-bond donors (Lipinski definition) is 1. The Balaban J connectivity index is -0.000000146. The van der Waals surface area contributed by atoms with Crippen molar-refractivity contribution in [1.29, 1.82) is 0 Å². The van der Waals surface area contributed by atoms with Gasteiger partial charge in [-0.15, -0.1) is 78.3 Å². The first-order chi connectivity index (χ1) is 11.7. The molecule has 0 atom stereocenters. The van der Waals surface area contributed by atoms with Gasteiger partial charge >= 0.3 is 30.2 Å². The largest absolute Gasteiger partial charge is 0.477 e. The zero-order valence-electron chi connectivity index (χ0n) is 17.2. The topological polar surface area (TPSA) is 15.8 Å². The Kier molecular flexibility index (Phi) is 26.1. The van der Waals surface area contributed by atoms with Crippen LogP contribution in [0.15, 0.2) is 72.8 Å². The van der Waals surface area contributed by atoms with Crippen LogP contribution in [0.4, 0.5) is 0 Å². The molecular weight excluding hydrogens is 480 g/mol. The van der Waals surface area contributed by atoms with Gasteiger partial charge in [-0.1, -0.05) is 18.2 Å². The van der Waals surface area contributed by atoms with Crippen molar-refractivity contribution >= 4 is 53.4 Å². The SMILES string of the molecule is C[C-](C)C.Cl.Cl.[CH3-].[CH3-].[Si]=[Zr].[c-]1cc2ccccc2[nH]1.c1ccc2[cH-]ccc2c1. The number of fused-ring (bicyclic) bond motifs is 2. The van der Waals surface area contributed by atoms with E-state index in [0.717, 1.165) is 5.52 Å². The predicted octanol–water partition coefficient (Wildman–Crippen LogP) is 7.51. The van der Waals surface area contributed by atoms with Gasteiger partial charge in [-0.25, -0.2) is 0 Å². The van der Waals surface area contributed by atoms with E-state index in [9.17, 15) is 0 Å². The minimum atomic E-state index is 0.